The molecule has 2 unspecified atom stereocenters. The molecule has 0 aromatic rings. The summed E-state index contributed by atoms with van der Waals surface area (Å²) in [5.41, 5.74) is 5.35. The summed E-state index contributed by atoms with van der Waals surface area (Å²) < 4.78 is 0. The van der Waals surface area contributed by atoms with E-state index in [4.69, 9.17) is 10.8 Å². The molecular formula is C12H22N2O3. The zero-order chi connectivity index (χ0) is 12.7. The first-order chi connectivity index (χ1) is 8.15. The third kappa shape index (κ3) is 4.73. The summed E-state index contributed by atoms with van der Waals surface area (Å²) in [6, 6.07) is -0.188. The van der Waals surface area contributed by atoms with E-state index in [1.165, 1.54) is 0 Å². The summed E-state index contributed by atoms with van der Waals surface area (Å²) in [7, 11) is 0. The van der Waals surface area contributed by atoms with Crippen LogP contribution < -0.4 is 11.1 Å². The Bertz CT molecular complexity index is 268. The lowest BCUT2D eigenvalue weighted by molar-refractivity contribution is -0.144. The predicted molar refractivity (Wildman–Crippen MR) is 64.4 cm³/mol. The molecule has 1 saturated carbocycles. The Hall–Kier alpha value is -1.10. The third-order valence-corrected chi connectivity index (χ3v) is 3.29. The van der Waals surface area contributed by atoms with Crippen molar-refractivity contribution in [3.05, 3.63) is 0 Å². The largest absolute Gasteiger partial charge is 0.481 e. The lowest BCUT2D eigenvalue weighted by Crippen LogP contribution is -2.45. The smallest absolute Gasteiger partial charge is 0.308 e. The number of carboxylic acids is 1. The number of carbonyl (C=O) groups excluding carboxylic acids is 1. The van der Waals surface area contributed by atoms with Crippen molar-refractivity contribution in [2.75, 3.05) is 6.54 Å². The van der Waals surface area contributed by atoms with Gasteiger partial charge in [-0.3, -0.25) is 9.59 Å². The van der Waals surface area contributed by atoms with Gasteiger partial charge < -0.3 is 16.2 Å². The highest BCUT2D eigenvalue weighted by Crippen LogP contribution is 2.24. The van der Waals surface area contributed by atoms with Crippen LogP contribution in [0.3, 0.4) is 0 Å². The number of nitrogens with two attached hydrogens (primary N) is 1. The van der Waals surface area contributed by atoms with Crippen molar-refractivity contribution in [2.24, 2.45) is 11.7 Å². The van der Waals surface area contributed by atoms with Crippen molar-refractivity contribution in [1.29, 1.82) is 0 Å². The number of rotatable bonds is 6. The van der Waals surface area contributed by atoms with Crippen molar-refractivity contribution in [3.63, 3.8) is 0 Å². The minimum Gasteiger partial charge on any atom is -0.481 e. The molecule has 0 radical (unpaired) electrons. The van der Waals surface area contributed by atoms with Crippen molar-refractivity contribution >= 4 is 11.9 Å². The fraction of sp³-hybridized carbons (Fsp3) is 0.833. The Labute approximate surface area is 102 Å². The van der Waals surface area contributed by atoms with Crippen molar-refractivity contribution < 1.29 is 14.7 Å². The van der Waals surface area contributed by atoms with Crippen LogP contribution in [0.2, 0.25) is 0 Å². The molecule has 0 heterocycles. The van der Waals surface area contributed by atoms with Crippen LogP contribution in [0.1, 0.15) is 44.9 Å². The molecule has 0 bridgehead atoms. The highest BCUT2D eigenvalue weighted by Gasteiger charge is 2.31. The Morgan fingerprint density at radius 2 is 1.94 bits per heavy atom. The summed E-state index contributed by atoms with van der Waals surface area (Å²) in [6.45, 7) is 0.592. The Morgan fingerprint density at radius 3 is 2.59 bits per heavy atom. The predicted octanol–water partition coefficient (Wildman–Crippen LogP) is 0.875. The van der Waals surface area contributed by atoms with Gasteiger partial charge >= 0.3 is 5.97 Å². The molecule has 4 N–H and O–H groups in total. The van der Waals surface area contributed by atoms with Gasteiger partial charge in [0.05, 0.1) is 5.92 Å². The van der Waals surface area contributed by atoms with Gasteiger partial charge in [0.1, 0.15) is 0 Å². The number of hydrogen-bond acceptors (Lipinski definition) is 3. The molecule has 0 aliphatic heterocycles. The molecule has 2 atom stereocenters. The normalized spacial score (nSPS) is 24.3. The van der Waals surface area contributed by atoms with Gasteiger partial charge in [-0.2, -0.15) is 0 Å². The van der Waals surface area contributed by atoms with Crippen LogP contribution in [0.4, 0.5) is 0 Å². The highest BCUT2D eigenvalue weighted by atomic mass is 16.4. The fourth-order valence-corrected chi connectivity index (χ4v) is 2.31. The van der Waals surface area contributed by atoms with E-state index in [1.807, 2.05) is 0 Å². The van der Waals surface area contributed by atoms with E-state index in [0.717, 1.165) is 32.1 Å². The van der Waals surface area contributed by atoms with E-state index in [1.54, 1.807) is 0 Å². The van der Waals surface area contributed by atoms with Crippen LogP contribution in [0.25, 0.3) is 0 Å². The van der Waals surface area contributed by atoms with Crippen molar-refractivity contribution in [2.45, 2.75) is 51.0 Å². The van der Waals surface area contributed by atoms with Crippen molar-refractivity contribution in [3.8, 4) is 0 Å². The number of carboxylic acid groups (broad SMARTS) is 1. The number of aliphatic carboxylic acids is 1. The number of carbonyl (C=O) groups is 2. The average molecular weight is 242 g/mol. The Balaban J connectivity index is 2.36. The van der Waals surface area contributed by atoms with Crippen LogP contribution in [0.5, 0.6) is 0 Å². The van der Waals surface area contributed by atoms with E-state index in [-0.39, 0.29) is 11.9 Å². The number of hydrogen-bond donors (Lipinski definition) is 3. The van der Waals surface area contributed by atoms with Crippen LogP contribution in [-0.2, 0) is 9.59 Å². The van der Waals surface area contributed by atoms with Gasteiger partial charge in [-0.25, -0.2) is 0 Å². The topological polar surface area (TPSA) is 92.4 Å². The second-order valence-corrected chi connectivity index (χ2v) is 4.65. The Morgan fingerprint density at radius 1 is 1.24 bits per heavy atom. The number of nitrogens with one attached hydrogen (secondary N) is 1. The maximum absolute atomic E-state index is 11.6. The van der Waals surface area contributed by atoms with Gasteiger partial charge in [-0.05, 0) is 32.2 Å². The van der Waals surface area contributed by atoms with E-state index < -0.39 is 11.9 Å². The molecule has 1 aliphatic rings. The summed E-state index contributed by atoms with van der Waals surface area (Å²) >= 11 is 0. The Kier molecular flexibility index (Phi) is 5.97. The third-order valence-electron chi connectivity index (χ3n) is 3.29. The van der Waals surface area contributed by atoms with E-state index in [2.05, 4.69) is 5.32 Å². The van der Waals surface area contributed by atoms with Crippen LogP contribution >= 0.6 is 0 Å². The van der Waals surface area contributed by atoms with E-state index in [0.29, 0.717) is 19.4 Å². The molecule has 0 aromatic heterocycles. The summed E-state index contributed by atoms with van der Waals surface area (Å²) in [6.07, 6.45) is 5.43. The van der Waals surface area contributed by atoms with Gasteiger partial charge in [-0.15, -0.1) is 0 Å². The van der Waals surface area contributed by atoms with Gasteiger partial charge in [0, 0.05) is 12.5 Å². The zero-order valence-corrected chi connectivity index (χ0v) is 10.2. The molecule has 1 amide bonds. The fourth-order valence-electron chi connectivity index (χ4n) is 2.31. The molecule has 17 heavy (non-hydrogen) atoms. The van der Waals surface area contributed by atoms with Crippen molar-refractivity contribution in [1.82, 2.24) is 5.32 Å². The SMILES string of the molecule is NCCCCC(=O)NC1CCCCC1C(=O)O. The molecule has 98 valence electrons. The second-order valence-electron chi connectivity index (χ2n) is 4.65. The molecule has 5 nitrogen and oxygen atoms in total. The van der Waals surface area contributed by atoms with Crippen LogP contribution in [0, 0.1) is 5.92 Å². The molecular weight excluding hydrogens is 220 g/mol. The standard InChI is InChI=1S/C12H22N2O3/c13-8-4-3-7-11(15)14-10-6-2-1-5-9(10)12(16)17/h9-10H,1-8,13H2,(H,14,15)(H,16,17). The molecule has 0 aromatic carbocycles. The van der Waals surface area contributed by atoms with Crippen LogP contribution in [0.15, 0.2) is 0 Å². The molecule has 0 saturated heterocycles. The molecule has 1 fully saturated rings. The molecule has 1 aliphatic carbocycles. The maximum atomic E-state index is 11.6. The summed E-state index contributed by atoms with van der Waals surface area (Å²) in [5.74, 6) is -1.25. The van der Waals surface area contributed by atoms with Gasteiger partial charge in [0.15, 0.2) is 0 Å². The first-order valence-corrected chi connectivity index (χ1v) is 6.37. The number of unbranched alkanes of at least 4 members (excludes halogenated alkanes) is 1. The molecule has 1 rings (SSSR count). The van der Waals surface area contributed by atoms with Crippen LogP contribution in [-0.4, -0.2) is 29.6 Å². The summed E-state index contributed by atoms with van der Waals surface area (Å²) in [4.78, 5) is 22.6. The van der Waals surface area contributed by atoms with Gasteiger partial charge in [0.25, 0.3) is 0 Å². The average Bonchev–Trinajstić information content (AvgIpc) is 2.29. The zero-order valence-electron chi connectivity index (χ0n) is 10.2. The highest BCUT2D eigenvalue weighted by molar-refractivity contribution is 5.78. The lowest BCUT2D eigenvalue weighted by atomic mass is 9.84. The quantitative estimate of drug-likeness (QED) is 0.603. The van der Waals surface area contributed by atoms with Gasteiger partial charge in [-0.1, -0.05) is 12.8 Å². The lowest BCUT2D eigenvalue weighted by Gasteiger charge is -2.29. The minimum absolute atomic E-state index is 0.0448. The first-order valence-electron chi connectivity index (χ1n) is 6.37. The van der Waals surface area contributed by atoms with E-state index in [9.17, 15) is 9.59 Å². The monoisotopic (exact) mass is 242 g/mol. The first kappa shape index (κ1) is 14.0. The summed E-state index contributed by atoms with van der Waals surface area (Å²) in [5, 5.41) is 11.9. The second kappa shape index (κ2) is 7.27. The molecule has 5 heteroatoms. The number of amides is 1. The minimum atomic E-state index is -0.794. The maximum Gasteiger partial charge on any atom is 0.308 e. The van der Waals surface area contributed by atoms with Gasteiger partial charge in [0.2, 0.25) is 5.91 Å². The van der Waals surface area contributed by atoms with E-state index >= 15 is 0 Å². The molecule has 0 spiro atoms.